The summed E-state index contributed by atoms with van der Waals surface area (Å²) in [7, 11) is 0. The minimum Gasteiger partial charge on any atom is -0.406 e. The molecule has 0 spiro atoms. The summed E-state index contributed by atoms with van der Waals surface area (Å²) in [4.78, 5) is 0. The van der Waals surface area contributed by atoms with Crippen LogP contribution in [-0.2, 0) is 6.18 Å². The number of nitrogens with zero attached hydrogens (tertiary/aromatic N) is 3. The van der Waals surface area contributed by atoms with Gasteiger partial charge in [0.2, 0.25) is 0 Å². The van der Waals surface area contributed by atoms with Crippen molar-refractivity contribution in [2.75, 3.05) is 0 Å². The number of hydrogen-bond donors (Lipinski definition) is 1. The summed E-state index contributed by atoms with van der Waals surface area (Å²) >= 11 is 0. The van der Waals surface area contributed by atoms with Crippen LogP contribution in [0.2, 0.25) is 0 Å². The molecule has 3 rings (SSSR count). The molecule has 0 atom stereocenters. The van der Waals surface area contributed by atoms with Gasteiger partial charge >= 0.3 is 12.5 Å². The van der Waals surface area contributed by atoms with Gasteiger partial charge in [0, 0.05) is 5.56 Å². The van der Waals surface area contributed by atoms with Gasteiger partial charge in [0.25, 0.3) is 0 Å². The molecule has 0 unspecified atom stereocenters. The van der Waals surface area contributed by atoms with Crippen LogP contribution in [0, 0.1) is 11.3 Å². The Morgan fingerprint density at radius 2 is 1.70 bits per heavy atom. The van der Waals surface area contributed by atoms with E-state index in [0.717, 1.165) is 24.3 Å². The minimum atomic E-state index is -4.97. The smallest absolute Gasteiger partial charge is 0.406 e. The summed E-state index contributed by atoms with van der Waals surface area (Å²) in [6.07, 6.45) is -6.88. The van der Waals surface area contributed by atoms with Gasteiger partial charge in [0.1, 0.15) is 17.5 Å². The second-order valence-corrected chi connectivity index (χ2v) is 5.94. The number of H-pyrrole nitrogens is 1. The molecule has 0 amide bonds. The number of nitrogens with one attached hydrogen (secondary N) is 1. The van der Waals surface area contributed by atoms with Crippen molar-refractivity contribution in [1.29, 1.82) is 5.26 Å². The summed E-state index contributed by atoms with van der Waals surface area (Å²) < 4.78 is 80.4. The zero-order valence-electron chi connectivity index (χ0n) is 14.7. The molecule has 2 aromatic carbocycles. The molecule has 0 saturated heterocycles. The third kappa shape index (κ3) is 5.16. The van der Waals surface area contributed by atoms with Crippen molar-refractivity contribution in [1.82, 2.24) is 15.4 Å². The molecule has 154 valence electrons. The van der Waals surface area contributed by atoms with E-state index in [9.17, 15) is 26.3 Å². The van der Waals surface area contributed by atoms with E-state index in [0.29, 0.717) is 0 Å². The summed E-state index contributed by atoms with van der Waals surface area (Å²) in [5.74, 6) is -0.587. The van der Waals surface area contributed by atoms with Gasteiger partial charge in [-0.2, -0.15) is 18.4 Å². The van der Waals surface area contributed by atoms with E-state index in [2.05, 4.69) is 20.1 Å². The summed E-state index contributed by atoms with van der Waals surface area (Å²) in [6.45, 7) is 0. The van der Waals surface area contributed by atoms with Gasteiger partial charge in [-0.1, -0.05) is 29.5 Å². The van der Waals surface area contributed by atoms with Gasteiger partial charge < -0.3 is 4.74 Å². The van der Waals surface area contributed by atoms with Crippen molar-refractivity contribution in [2.24, 2.45) is 0 Å². The van der Waals surface area contributed by atoms with E-state index in [-0.39, 0.29) is 28.1 Å². The van der Waals surface area contributed by atoms with Crippen LogP contribution in [0.3, 0.4) is 0 Å². The number of ether oxygens (including phenoxy) is 1. The molecule has 30 heavy (non-hydrogen) atoms. The molecular weight excluding hydrogens is 414 g/mol. The average Bonchev–Trinajstić information content (AvgIpc) is 3.13. The molecule has 0 aliphatic rings. The van der Waals surface area contributed by atoms with Crippen LogP contribution >= 0.6 is 0 Å². The quantitative estimate of drug-likeness (QED) is 0.448. The molecule has 0 aliphatic carbocycles. The number of benzene rings is 2. The fourth-order valence-corrected chi connectivity index (χ4v) is 2.57. The van der Waals surface area contributed by atoms with Crippen LogP contribution in [0.4, 0.5) is 26.3 Å². The van der Waals surface area contributed by atoms with Gasteiger partial charge in [-0.25, -0.2) is 5.10 Å². The number of nitriles is 1. The lowest BCUT2D eigenvalue weighted by atomic mass is 10.0. The third-order valence-corrected chi connectivity index (χ3v) is 3.78. The van der Waals surface area contributed by atoms with E-state index in [1.54, 1.807) is 6.07 Å². The SMILES string of the molecule is N#Cc1[nH]nnc1-c1cc(/C=C/c2cccc(C(F)(F)F)c2)cc(OC(F)(F)F)c1. The number of aromatic amines is 1. The first-order chi connectivity index (χ1) is 14.0. The highest BCUT2D eigenvalue weighted by molar-refractivity contribution is 5.75. The van der Waals surface area contributed by atoms with Crippen molar-refractivity contribution in [3.8, 4) is 23.1 Å². The second kappa shape index (κ2) is 7.90. The molecular formula is C19H10F6N4O. The number of aromatic nitrogens is 3. The highest BCUT2D eigenvalue weighted by atomic mass is 19.4. The molecule has 1 aromatic heterocycles. The van der Waals surface area contributed by atoms with Crippen LogP contribution in [0.15, 0.2) is 42.5 Å². The normalized spacial score (nSPS) is 12.2. The molecule has 0 saturated carbocycles. The molecule has 3 aromatic rings. The second-order valence-electron chi connectivity index (χ2n) is 5.94. The Morgan fingerprint density at radius 1 is 0.967 bits per heavy atom. The van der Waals surface area contributed by atoms with Crippen molar-refractivity contribution in [2.45, 2.75) is 12.5 Å². The standard InChI is InChI=1S/C19H10F6N4O/c20-18(21,22)14-3-1-2-11(7-14)4-5-12-6-13(17-16(10-26)27-29-28-17)9-15(8-12)30-19(23,24)25/h1-9H,(H,27,28,29)/b5-4+. The third-order valence-electron chi connectivity index (χ3n) is 3.78. The van der Waals surface area contributed by atoms with Crippen molar-refractivity contribution in [3.05, 3.63) is 64.8 Å². The van der Waals surface area contributed by atoms with Gasteiger partial charge in [-0.05, 0) is 41.5 Å². The zero-order chi connectivity index (χ0) is 21.9. The molecule has 1 N–H and O–H groups in total. The van der Waals surface area contributed by atoms with Crippen molar-refractivity contribution >= 4 is 12.2 Å². The van der Waals surface area contributed by atoms with E-state index >= 15 is 0 Å². The summed E-state index contributed by atoms with van der Waals surface area (Å²) in [5.41, 5.74) is -0.471. The van der Waals surface area contributed by atoms with Gasteiger partial charge in [-0.15, -0.1) is 18.3 Å². The molecule has 1 heterocycles. The van der Waals surface area contributed by atoms with Crippen LogP contribution in [0.25, 0.3) is 23.4 Å². The van der Waals surface area contributed by atoms with Crippen molar-refractivity contribution in [3.63, 3.8) is 0 Å². The number of halogens is 6. The zero-order valence-corrected chi connectivity index (χ0v) is 14.7. The number of alkyl halides is 6. The lowest BCUT2D eigenvalue weighted by Crippen LogP contribution is -2.17. The lowest BCUT2D eigenvalue weighted by molar-refractivity contribution is -0.274. The predicted octanol–water partition coefficient (Wildman–Crippen LogP) is 5.43. The molecule has 0 aliphatic heterocycles. The largest absolute Gasteiger partial charge is 0.573 e. The van der Waals surface area contributed by atoms with Crippen LogP contribution < -0.4 is 4.74 Å². The molecule has 5 nitrogen and oxygen atoms in total. The Bertz CT molecular complexity index is 1130. The first-order valence-electron chi connectivity index (χ1n) is 8.13. The van der Waals surface area contributed by atoms with Crippen LogP contribution in [0.1, 0.15) is 22.4 Å². The Balaban J connectivity index is 2.02. The first-order valence-corrected chi connectivity index (χ1v) is 8.13. The molecule has 0 fully saturated rings. The summed E-state index contributed by atoms with van der Waals surface area (Å²) in [5, 5.41) is 18.5. The van der Waals surface area contributed by atoms with Gasteiger partial charge in [0.15, 0.2) is 5.69 Å². The van der Waals surface area contributed by atoms with E-state index in [4.69, 9.17) is 5.26 Å². The van der Waals surface area contributed by atoms with Crippen LogP contribution in [-0.4, -0.2) is 21.8 Å². The highest BCUT2D eigenvalue weighted by Crippen LogP contribution is 2.32. The topological polar surface area (TPSA) is 74.6 Å². The van der Waals surface area contributed by atoms with Crippen LogP contribution in [0.5, 0.6) is 5.75 Å². The molecule has 0 bridgehead atoms. The molecule has 0 radical (unpaired) electrons. The highest BCUT2D eigenvalue weighted by Gasteiger charge is 2.32. The Morgan fingerprint density at radius 3 is 2.37 bits per heavy atom. The number of rotatable bonds is 4. The van der Waals surface area contributed by atoms with Gasteiger partial charge in [0.05, 0.1) is 5.56 Å². The average molecular weight is 424 g/mol. The maximum absolute atomic E-state index is 12.8. The predicted molar refractivity (Wildman–Crippen MR) is 93.6 cm³/mol. The Labute approximate surface area is 165 Å². The summed E-state index contributed by atoms with van der Waals surface area (Å²) in [6, 6.07) is 9.67. The van der Waals surface area contributed by atoms with E-state index in [1.807, 2.05) is 0 Å². The monoisotopic (exact) mass is 424 g/mol. The fraction of sp³-hybridized carbons (Fsp3) is 0.105. The Hall–Kier alpha value is -3.81. The maximum atomic E-state index is 12.8. The van der Waals surface area contributed by atoms with Gasteiger partial charge in [-0.3, -0.25) is 0 Å². The number of hydrogen-bond acceptors (Lipinski definition) is 4. The van der Waals surface area contributed by atoms with E-state index < -0.39 is 23.9 Å². The van der Waals surface area contributed by atoms with Crippen molar-refractivity contribution < 1.29 is 31.1 Å². The first kappa shape index (κ1) is 20.9. The Kier molecular flexibility index (Phi) is 5.51. The minimum absolute atomic E-state index is 0.00107. The molecule has 11 heteroatoms. The van der Waals surface area contributed by atoms with E-state index in [1.165, 1.54) is 30.4 Å². The fourth-order valence-electron chi connectivity index (χ4n) is 2.57. The maximum Gasteiger partial charge on any atom is 0.573 e. The lowest BCUT2D eigenvalue weighted by Gasteiger charge is -2.11.